The number of unbranched alkanes of at least 4 members (excludes halogenated alkanes) is 4. The maximum Gasteiger partial charge on any atom is 0.344 e. The van der Waals surface area contributed by atoms with Crippen LogP contribution in [-0.4, -0.2) is 25.2 Å². The van der Waals surface area contributed by atoms with Gasteiger partial charge in [0.15, 0.2) is 0 Å². The molecule has 162 valence electrons. The molecule has 4 N–H and O–H groups in total. The smallest absolute Gasteiger partial charge is 0.344 e. The monoisotopic (exact) mass is 416 g/mol. The molecule has 30 heavy (non-hydrogen) atoms. The number of rotatable bonds is 10. The van der Waals surface area contributed by atoms with Crippen LogP contribution in [-0.2, 0) is 9.47 Å². The molecule has 8 heteroatoms. The van der Waals surface area contributed by atoms with Crippen molar-refractivity contribution in [2.45, 2.75) is 52.4 Å². The number of carbonyl (C=O) groups is 2. The quantitative estimate of drug-likeness (QED) is 0.347. The fraction of sp³-hybridized carbons (Fsp3) is 0.455. The minimum atomic E-state index is -0.559. The van der Waals surface area contributed by atoms with Crippen LogP contribution < -0.4 is 11.5 Å². The van der Waals surface area contributed by atoms with Crippen molar-refractivity contribution in [1.29, 1.82) is 0 Å². The van der Waals surface area contributed by atoms with Gasteiger partial charge >= 0.3 is 11.9 Å². The summed E-state index contributed by atoms with van der Waals surface area (Å²) in [6.45, 7) is 4.75. The zero-order valence-corrected chi connectivity index (χ0v) is 17.4. The molecule has 0 saturated carbocycles. The van der Waals surface area contributed by atoms with Gasteiger partial charge in [0.2, 0.25) is 11.8 Å². The molecule has 0 unspecified atom stereocenters. The lowest BCUT2D eigenvalue weighted by molar-refractivity contribution is 0.0491. The van der Waals surface area contributed by atoms with Gasteiger partial charge in [-0.25, -0.2) is 9.59 Å². The summed E-state index contributed by atoms with van der Waals surface area (Å²) in [5.74, 6) is -1.21. The van der Waals surface area contributed by atoms with Gasteiger partial charge in [0.1, 0.15) is 22.3 Å². The van der Waals surface area contributed by atoms with Gasteiger partial charge < -0.3 is 29.8 Å². The van der Waals surface area contributed by atoms with Gasteiger partial charge in [-0.3, -0.25) is 0 Å². The van der Waals surface area contributed by atoms with E-state index in [0.717, 1.165) is 38.5 Å². The average molecular weight is 416 g/mol. The molecule has 0 amide bonds. The first kappa shape index (κ1) is 21.5. The second-order valence-electron chi connectivity index (χ2n) is 7.21. The Morgan fingerprint density at radius 3 is 1.53 bits per heavy atom. The number of furan rings is 2. The molecule has 8 nitrogen and oxygen atoms in total. The molecule has 0 aliphatic rings. The summed E-state index contributed by atoms with van der Waals surface area (Å²) in [5.41, 5.74) is 12.8. The topological polar surface area (TPSA) is 131 Å². The molecule has 0 atom stereocenters. The summed E-state index contributed by atoms with van der Waals surface area (Å²) in [6, 6.07) is 3.16. The molecule has 3 rings (SSSR count). The van der Waals surface area contributed by atoms with E-state index in [1.165, 1.54) is 0 Å². The molecule has 2 aromatic heterocycles. The van der Waals surface area contributed by atoms with E-state index in [0.29, 0.717) is 35.2 Å². The van der Waals surface area contributed by atoms with Crippen LogP contribution in [0.3, 0.4) is 0 Å². The van der Waals surface area contributed by atoms with Crippen LogP contribution in [0.4, 0.5) is 11.8 Å². The molecular weight excluding hydrogens is 388 g/mol. The Hall–Kier alpha value is -3.16. The number of hydrogen-bond acceptors (Lipinski definition) is 8. The van der Waals surface area contributed by atoms with Crippen molar-refractivity contribution >= 4 is 45.6 Å². The summed E-state index contributed by atoms with van der Waals surface area (Å²) < 4.78 is 21.7. The van der Waals surface area contributed by atoms with Crippen LogP contribution >= 0.6 is 0 Å². The van der Waals surface area contributed by atoms with Gasteiger partial charge in [-0.05, 0) is 25.0 Å². The number of nitrogens with two attached hydrogens (primary N) is 2. The van der Waals surface area contributed by atoms with Gasteiger partial charge in [0, 0.05) is 10.8 Å². The zero-order valence-electron chi connectivity index (χ0n) is 17.4. The molecule has 0 aliphatic heterocycles. The normalized spacial score (nSPS) is 11.3. The third-order valence-corrected chi connectivity index (χ3v) is 4.92. The van der Waals surface area contributed by atoms with Crippen LogP contribution in [0.2, 0.25) is 0 Å². The minimum Gasteiger partial charge on any atom is -0.462 e. The predicted molar refractivity (Wildman–Crippen MR) is 114 cm³/mol. The lowest BCUT2D eigenvalue weighted by atomic mass is 10.1. The predicted octanol–water partition coefficient (Wildman–Crippen LogP) is 5.04. The highest BCUT2D eigenvalue weighted by molar-refractivity contribution is 6.14. The Labute approximate surface area is 174 Å². The fourth-order valence-corrected chi connectivity index (χ4v) is 3.32. The fourth-order valence-electron chi connectivity index (χ4n) is 3.32. The maximum absolute atomic E-state index is 12.5. The second-order valence-corrected chi connectivity index (χ2v) is 7.21. The van der Waals surface area contributed by atoms with Crippen LogP contribution in [0, 0.1) is 0 Å². The van der Waals surface area contributed by atoms with Crippen LogP contribution in [0.15, 0.2) is 21.0 Å². The Morgan fingerprint density at radius 1 is 0.767 bits per heavy atom. The standard InChI is InChI=1S/C22H28N2O6/c1-3-5-7-9-27-21(25)17-13-11-16-14(12-15(13)29-19(17)23)18(20(24)30-16)22(26)28-10-8-6-4-2/h11-12H,3-10,23-24H2,1-2H3. The van der Waals surface area contributed by atoms with Crippen molar-refractivity contribution in [2.75, 3.05) is 24.7 Å². The van der Waals surface area contributed by atoms with Gasteiger partial charge in [-0.15, -0.1) is 0 Å². The Balaban J connectivity index is 1.90. The molecule has 0 aliphatic carbocycles. The molecule has 0 spiro atoms. The Morgan fingerprint density at radius 2 is 1.17 bits per heavy atom. The molecule has 2 heterocycles. The van der Waals surface area contributed by atoms with Crippen molar-refractivity contribution < 1.29 is 27.9 Å². The van der Waals surface area contributed by atoms with E-state index in [2.05, 4.69) is 13.8 Å². The summed E-state index contributed by atoms with van der Waals surface area (Å²) in [6.07, 6.45) is 5.55. The van der Waals surface area contributed by atoms with Gasteiger partial charge in [0.05, 0.1) is 13.2 Å². The highest BCUT2D eigenvalue weighted by atomic mass is 16.5. The largest absolute Gasteiger partial charge is 0.462 e. The van der Waals surface area contributed by atoms with Crippen molar-refractivity contribution in [3.8, 4) is 0 Å². The zero-order chi connectivity index (χ0) is 21.7. The number of fused-ring (bicyclic) bond motifs is 2. The Kier molecular flexibility index (Phi) is 6.87. The number of esters is 2. The van der Waals surface area contributed by atoms with Gasteiger partial charge in [-0.1, -0.05) is 39.5 Å². The van der Waals surface area contributed by atoms with E-state index in [-0.39, 0.29) is 22.9 Å². The lowest BCUT2D eigenvalue weighted by Crippen LogP contribution is -2.08. The SMILES string of the molecule is CCCCCOC(=O)c1c(N)oc2cc3c(C(=O)OCCCCC)c(N)oc3cc12. The molecular formula is C22H28N2O6. The van der Waals surface area contributed by atoms with Crippen molar-refractivity contribution in [1.82, 2.24) is 0 Å². The highest BCUT2D eigenvalue weighted by Gasteiger charge is 2.26. The van der Waals surface area contributed by atoms with Crippen LogP contribution in [0.25, 0.3) is 21.9 Å². The minimum absolute atomic E-state index is 0.0465. The second kappa shape index (κ2) is 9.56. The molecule has 0 bridgehead atoms. The summed E-state index contributed by atoms with van der Waals surface area (Å²) in [7, 11) is 0. The Bertz CT molecular complexity index is 965. The first-order valence-corrected chi connectivity index (χ1v) is 10.4. The van der Waals surface area contributed by atoms with Crippen LogP contribution in [0.5, 0.6) is 0 Å². The van der Waals surface area contributed by atoms with Crippen molar-refractivity contribution in [2.24, 2.45) is 0 Å². The van der Waals surface area contributed by atoms with Crippen LogP contribution in [0.1, 0.15) is 73.1 Å². The van der Waals surface area contributed by atoms with Gasteiger partial charge in [-0.2, -0.15) is 0 Å². The summed E-state index contributed by atoms with van der Waals surface area (Å²) in [5, 5.41) is 0.884. The van der Waals surface area contributed by atoms with Gasteiger partial charge in [0.25, 0.3) is 0 Å². The van der Waals surface area contributed by atoms with Crippen molar-refractivity contribution in [3.63, 3.8) is 0 Å². The molecule has 1 aromatic carbocycles. The first-order valence-electron chi connectivity index (χ1n) is 10.4. The number of hydrogen-bond donors (Lipinski definition) is 2. The van der Waals surface area contributed by atoms with E-state index in [1.807, 2.05) is 0 Å². The third kappa shape index (κ3) is 4.37. The van der Waals surface area contributed by atoms with E-state index in [9.17, 15) is 9.59 Å². The van der Waals surface area contributed by atoms with E-state index >= 15 is 0 Å². The number of carbonyl (C=O) groups excluding carboxylic acids is 2. The molecule has 3 aromatic rings. The third-order valence-electron chi connectivity index (χ3n) is 4.92. The van der Waals surface area contributed by atoms with E-state index in [1.54, 1.807) is 12.1 Å². The number of benzene rings is 1. The van der Waals surface area contributed by atoms with E-state index < -0.39 is 11.9 Å². The number of nitrogen functional groups attached to an aromatic ring is 2. The van der Waals surface area contributed by atoms with Crippen molar-refractivity contribution in [3.05, 3.63) is 23.3 Å². The highest BCUT2D eigenvalue weighted by Crippen LogP contribution is 2.36. The number of anilines is 2. The summed E-state index contributed by atoms with van der Waals surface area (Å²) >= 11 is 0. The van der Waals surface area contributed by atoms with E-state index in [4.69, 9.17) is 29.8 Å². The molecule has 0 saturated heterocycles. The first-order chi connectivity index (χ1) is 14.5. The summed E-state index contributed by atoms with van der Waals surface area (Å²) in [4.78, 5) is 25.0. The molecule has 0 fully saturated rings. The molecule has 0 radical (unpaired) electrons. The maximum atomic E-state index is 12.5. The average Bonchev–Trinajstić information content (AvgIpc) is 3.20. The number of ether oxygens (including phenoxy) is 2. The lowest BCUT2D eigenvalue weighted by Gasteiger charge is -2.04.